The van der Waals surface area contributed by atoms with Gasteiger partial charge in [0, 0.05) is 24.9 Å². The van der Waals surface area contributed by atoms with Gasteiger partial charge < -0.3 is 11.1 Å². The van der Waals surface area contributed by atoms with Crippen LogP contribution in [0.25, 0.3) is 16.8 Å². The SMILES string of the molecule is C[C@@H](NC(=O)c1cc(-n2ccc(C3CC3)n2)ccn1)c1ccc(-c2cc(C(F)(F)F)ccc2CN)cc1. The molecule has 2 heterocycles. The molecule has 3 N–H and O–H groups in total. The Labute approximate surface area is 212 Å². The maximum atomic E-state index is 13.2. The summed E-state index contributed by atoms with van der Waals surface area (Å²) < 4.78 is 41.4. The summed E-state index contributed by atoms with van der Waals surface area (Å²) in [6.07, 6.45) is 1.34. The van der Waals surface area contributed by atoms with E-state index in [1.165, 1.54) is 6.07 Å². The molecule has 1 saturated carbocycles. The summed E-state index contributed by atoms with van der Waals surface area (Å²) in [5, 5.41) is 7.54. The van der Waals surface area contributed by atoms with Gasteiger partial charge in [-0.25, -0.2) is 4.68 Å². The Hall–Kier alpha value is -3.98. The van der Waals surface area contributed by atoms with Crippen molar-refractivity contribution in [1.82, 2.24) is 20.1 Å². The molecule has 0 saturated heterocycles. The van der Waals surface area contributed by atoms with Crippen LogP contribution in [0.15, 0.2) is 73.1 Å². The van der Waals surface area contributed by atoms with Crippen LogP contribution in [0.1, 0.15) is 64.6 Å². The molecule has 0 aliphatic heterocycles. The number of halogens is 3. The molecule has 0 unspecified atom stereocenters. The van der Waals surface area contributed by atoms with Crippen molar-refractivity contribution < 1.29 is 18.0 Å². The van der Waals surface area contributed by atoms with Crippen molar-refractivity contribution in [3.63, 3.8) is 0 Å². The van der Waals surface area contributed by atoms with Crippen LogP contribution >= 0.6 is 0 Å². The highest BCUT2D eigenvalue weighted by Crippen LogP contribution is 2.39. The van der Waals surface area contributed by atoms with Crippen LogP contribution in [0.4, 0.5) is 13.2 Å². The van der Waals surface area contributed by atoms with Gasteiger partial charge in [0.15, 0.2) is 0 Å². The zero-order valence-corrected chi connectivity index (χ0v) is 20.2. The number of alkyl halides is 3. The Morgan fingerprint density at radius 1 is 1.11 bits per heavy atom. The topological polar surface area (TPSA) is 85.8 Å². The van der Waals surface area contributed by atoms with E-state index in [0.717, 1.165) is 41.9 Å². The lowest BCUT2D eigenvalue weighted by Crippen LogP contribution is -2.27. The Bertz CT molecular complexity index is 1420. The first-order chi connectivity index (χ1) is 17.7. The van der Waals surface area contributed by atoms with Crippen LogP contribution in [0, 0.1) is 0 Å². The van der Waals surface area contributed by atoms with Crippen LogP contribution in [0.3, 0.4) is 0 Å². The van der Waals surface area contributed by atoms with E-state index in [-0.39, 0.29) is 24.2 Å². The number of hydrogen-bond acceptors (Lipinski definition) is 4. The molecule has 2 aromatic carbocycles. The van der Waals surface area contributed by atoms with Crippen LogP contribution in [0.2, 0.25) is 0 Å². The van der Waals surface area contributed by atoms with Crippen LogP contribution in [0.5, 0.6) is 0 Å². The van der Waals surface area contributed by atoms with Crippen LogP contribution < -0.4 is 11.1 Å². The van der Waals surface area contributed by atoms with Gasteiger partial charge in [-0.05, 0) is 72.4 Å². The molecule has 4 aromatic rings. The monoisotopic (exact) mass is 505 g/mol. The van der Waals surface area contributed by atoms with E-state index in [9.17, 15) is 18.0 Å². The molecule has 0 radical (unpaired) electrons. The highest BCUT2D eigenvalue weighted by atomic mass is 19.4. The van der Waals surface area contributed by atoms with Crippen molar-refractivity contribution in [3.05, 3.63) is 101 Å². The van der Waals surface area contributed by atoms with E-state index >= 15 is 0 Å². The van der Waals surface area contributed by atoms with Gasteiger partial charge in [-0.2, -0.15) is 18.3 Å². The predicted octanol–water partition coefficient (Wildman–Crippen LogP) is 5.78. The van der Waals surface area contributed by atoms with E-state index < -0.39 is 11.7 Å². The number of amides is 1. The Morgan fingerprint density at radius 2 is 1.86 bits per heavy atom. The molecule has 1 aliphatic carbocycles. The fourth-order valence-electron chi connectivity index (χ4n) is 4.27. The zero-order chi connectivity index (χ0) is 26.2. The quantitative estimate of drug-likeness (QED) is 0.333. The summed E-state index contributed by atoms with van der Waals surface area (Å²) in [5.74, 6) is 0.199. The number of pyridine rings is 1. The third-order valence-electron chi connectivity index (χ3n) is 6.57. The second-order valence-electron chi connectivity index (χ2n) is 9.25. The van der Waals surface area contributed by atoms with Gasteiger partial charge >= 0.3 is 6.18 Å². The molecule has 1 atom stereocenters. The molecule has 5 rings (SSSR count). The molecule has 1 amide bonds. The van der Waals surface area contributed by atoms with Gasteiger partial charge in [-0.15, -0.1) is 0 Å². The van der Waals surface area contributed by atoms with E-state index in [2.05, 4.69) is 15.4 Å². The third-order valence-corrected chi connectivity index (χ3v) is 6.57. The molecule has 6 nitrogen and oxygen atoms in total. The van der Waals surface area contributed by atoms with Crippen molar-refractivity contribution in [3.8, 4) is 16.8 Å². The van der Waals surface area contributed by atoms with Crippen LogP contribution in [-0.2, 0) is 12.7 Å². The lowest BCUT2D eigenvalue weighted by atomic mass is 9.95. The maximum Gasteiger partial charge on any atom is 0.416 e. The number of aromatic nitrogens is 3. The average Bonchev–Trinajstić information content (AvgIpc) is 3.64. The number of nitrogens with two attached hydrogens (primary N) is 1. The number of hydrogen-bond donors (Lipinski definition) is 2. The van der Waals surface area contributed by atoms with E-state index in [1.807, 2.05) is 19.2 Å². The van der Waals surface area contributed by atoms with Gasteiger partial charge in [-0.1, -0.05) is 30.3 Å². The number of rotatable bonds is 7. The molecule has 1 fully saturated rings. The molecule has 190 valence electrons. The Balaban J connectivity index is 1.30. The normalized spacial score (nSPS) is 14.4. The number of nitrogens with one attached hydrogen (secondary N) is 1. The van der Waals surface area contributed by atoms with E-state index in [1.54, 1.807) is 47.3 Å². The Morgan fingerprint density at radius 3 is 2.54 bits per heavy atom. The van der Waals surface area contributed by atoms with Gasteiger partial charge in [0.25, 0.3) is 5.91 Å². The third kappa shape index (κ3) is 5.41. The van der Waals surface area contributed by atoms with Gasteiger partial charge in [0.2, 0.25) is 0 Å². The molecule has 37 heavy (non-hydrogen) atoms. The highest BCUT2D eigenvalue weighted by molar-refractivity contribution is 5.93. The fourth-order valence-corrected chi connectivity index (χ4v) is 4.27. The molecule has 0 spiro atoms. The minimum absolute atomic E-state index is 0.119. The minimum atomic E-state index is -4.44. The standard InChI is InChI=1S/C28H26F3N5O/c1-17(18-2-4-19(5-3-18)24-14-22(28(29,30)31)9-8-21(24)16-32)34-27(37)26-15-23(10-12-33-26)36-13-11-25(35-36)20-6-7-20/h2-5,8-15,17,20H,6-7,16,32H2,1H3,(H,34,37)/t17-/m1/s1. The molecule has 0 bridgehead atoms. The van der Waals surface area contributed by atoms with Crippen molar-refractivity contribution in [2.45, 2.75) is 44.4 Å². The molecule has 9 heteroatoms. The van der Waals surface area contributed by atoms with E-state index in [0.29, 0.717) is 22.6 Å². The van der Waals surface area contributed by atoms with Crippen molar-refractivity contribution in [2.75, 3.05) is 0 Å². The first-order valence-corrected chi connectivity index (χ1v) is 12.1. The minimum Gasteiger partial charge on any atom is -0.344 e. The maximum absolute atomic E-state index is 13.2. The predicted molar refractivity (Wildman–Crippen MR) is 134 cm³/mol. The van der Waals surface area contributed by atoms with Crippen LogP contribution in [-0.4, -0.2) is 20.7 Å². The molecular weight excluding hydrogens is 479 g/mol. The fraction of sp³-hybridized carbons (Fsp3) is 0.250. The number of carbonyl (C=O) groups is 1. The Kier molecular flexibility index (Phi) is 6.55. The summed E-state index contributed by atoms with van der Waals surface area (Å²) in [5.41, 5.74) is 9.59. The van der Waals surface area contributed by atoms with Gasteiger partial charge in [0.05, 0.1) is 23.0 Å². The number of nitrogens with zero attached hydrogens (tertiary/aromatic N) is 3. The van der Waals surface area contributed by atoms with E-state index in [4.69, 9.17) is 5.73 Å². The summed E-state index contributed by atoms with van der Waals surface area (Å²) in [6.45, 7) is 1.95. The zero-order valence-electron chi connectivity index (χ0n) is 20.2. The average molecular weight is 506 g/mol. The summed E-state index contributed by atoms with van der Waals surface area (Å²) in [6, 6.07) is 15.7. The van der Waals surface area contributed by atoms with Crippen molar-refractivity contribution >= 4 is 5.91 Å². The summed E-state index contributed by atoms with van der Waals surface area (Å²) in [7, 11) is 0. The molecule has 1 aliphatic rings. The first kappa shape index (κ1) is 24.7. The lowest BCUT2D eigenvalue weighted by Gasteiger charge is -2.16. The lowest BCUT2D eigenvalue weighted by molar-refractivity contribution is -0.137. The number of carbonyl (C=O) groups excluding carboxylic acids is 1. The first-order valence-electron chi connectivity index (χ1n) is 12.1. The van der Waals surface area contributed by atoms with Crippen molar-refractivity contribution in [1.29, 1.82) is 0 Å². The summed E-state index contributed by atoms with van der Waals surface area (Å²) >= 11 is 0. The van der Waals surface area contributed by atoms with Gasteiger partial charge in [-0.3, -0.25) is 9.78 Å². The highest BCUT2D eigenvalue weighted by Gasteiger charge is 2.31. The van der Waals surface area contributed by atoms with Gasteiger partial charge in [0.1, 0.15) is 5.69 Å². The number of benzene rings is 2. The second kappa shape index (κ2) is 9.82. The smallest absolute Gasteiger partial charge is 0.344 e. The summed E-state index contributed by atoms with van der Waals surface area (Å²) in [4.78, 5) is 17.1. The molecule has 2 aromatic heterocycles. The van der Waals surface area contributed by atoms with Crippen molar-refractivity contribution in [2.24, 2.45) is 5.73 Å². The largest absolute Gasteiger partial charge is 0.416 e. The second-order valence-corrected chi connectivity index (χ2v) is 9.25. The molecular formula is C28H26F3N5O.